The molecule has 134 valence electrons. The number of rotatable bonds is 6. The van der Waals surface area contributed by atoms with Gasteiger partial charge in [0.15, 0.2) is 0 Å². The zero-order valence-electron chi connectivity index (χ0n) is 14.5. The summed E-state index contributed by atoms with van der Waals surface area (Å²) in [6.45, 7) is 8.67. The molecule has 1 aliphatic rings. The maximum Gasteiger partial charge on any atom is 0.257 e. The fraction of sp³-hybridized carbons (Fsp3) is 0.588. The van der Waals surface area contributed by atoms with Gasteiger partial charge in [0, 0.05) is 38.8 Å². The van der Waals surface area contributed by atoms with Gasteiger partial charge in [-0.15, -0.1) is 0 Å². The van der Waals surface area contributed by atoms with Gasteiger partial charge < -0.3 is 20.1 Å². The first-order valence-corrected chi connectivity index (χ1v) is 8.56. The van der Waals surface area contributed by atoms with E-state index in [0.717, 1.165) is 19.6 Å². The van der Waals surface area contributed by atoms with Crippen LogP contribution in [0.3, 0.4) is 0 Å². The number of ether oxygens (including phenoxy) is 2. The Morgan fingerprint density at radius 2 is 1.96 bits per heavy atom. The van der Waals surface area contributed by atoms with E-state index in [0.29, 0.717) is 41.7 Å². The lowest BCUT2D eigenvalue weighted by molar-refractivity contribution is 0.0406. The quantitative estimate of drug-likeness (QED) is 0.791. The molecular weight excluding hydrogens is 330 g/mol. The molecule has 1 heterocycles. The second kappa shape index (κ2) is 8.55. The van der Waals surface area contributed by atoms with Crippen molar-refractivity contribution in [3.8, 4) is 5.75 Å². The van der Waals surface area contributed by atoms with Crippen molar-refractivity contribution in [1.82, 2.24) is 9.80 Å². The fourth-order valence-corrected chi connectivity index (χ4v) is 2.83. The third kappa shape index (κ3) is 4.75. The number of nitrogens with two attached hydrogens (primary N) is 1. The van der Waals surface area contributed by atoms with Gasteiger partial charge in [0.2, 0.25) is 0 Å². The lowest BCUT2D eigenvalue weighted by Gasteiger charge is -2.35. The van der Waals surface area contributed by atoms with Gasteiger partial charge in [0.05, 0.1) is 36.1 Å². The minimum atomic E-state index is -0.0770. The largest absolute Gasteiger partial charge is 0.496 e. The van der Waals surface area contributed by atoms with E-state index in [2.05, 4.69) is 4.90 Å². The van der Waals surface area contributed by atoms with Crippen LogP contribution < -0.4 is 10.5 Å². The first-order valence-electron chi connectivity index (χ1n) is 8.18. The van der Waals surface area contributed by atoms with Crippen molar-refractivity contribution in [2.75, 3.05) is 52.2 Å². The van der Waals surface area contributed by atoms with Crippen molar-refractivity contribution in [3.05, 3.63) is 22.7 Å². The van der Waals surface area contributed by atoms with E-state index in [4.69, 9.17) is 26.8 Å². The van der Waals surface area contributed by atoms with Crippen LogP contribution in [0.25, 0.3) is 0 Å². The number of amides is 1. The van der Waals surface area contributed by atoms with E-state index >= 15 is 0 Å². The summed E-state index contributed by atoms with van der Waals surface area (Å²) in [6.07, 6.45) is 0.246. The molecule has 0 spiro atoms. The highest BCUT2D eigenvalue weighted by atomic mass is 35.5. The van der Waals surface area contributed by atoms with Crippen molar-refractivity contribution in [2.24, 2.45) is 0 Å². The number of methoxy groups -OCH3 is 1. The molecule has 1 saturated heterocycles. The smallest absolute Gasteiger partial charge is 0.257 e. The van der Waals surface area contributed by atoms with Crippen molar-refractivity contribution in [1.29, 1.82) is 0 Å². The Kier molecular flexibility index (Phi) is 6.71. The summed E-state index contributed by atoms with van der Waals surface area (Å²) in [5.41, 5.74) is 6.63. The van der Waals surface area contributed by atoms with Gasteiger partial charge in [-0.25, -0.2) is 0 Å². The van der Waals surface area contributed by atoms with Crippen LogP contribution >= 0.6 is 11.6 Å². The average Bonchev–Trinajstić information content (AvgIpc) is 2.56. The van der Waals surface area contributed by atoms with E-state index < -0.39 is 0 Å². The third-order valence-electron chi connectivity index (χ3n) is 4.07. The van der Waals surface area contributed by atoms with Crippen LogP contribution in [0, 0.1) is 0 Å². The number of benzene rings is 1. The monoisotopic (exact) mass is 355 g/mol. The normalized spacial score (nSPS) is 15.8. The average molecular weight is 356 g/mol. The predicted octanol–water partition coefficient (Wildman–Crippen LogP) is 2.11. The number of carbonyl (C=O) groups excluding carboxylic acids is 1. The molecule has 1 aromatic rings. The lowest BCUT2D eigenvalue weighted by atomic mass is 10.1. The molecule has 1 aliphatic heterocycles. The zero-order chi connectivity index (χ0) is 17.7. The van der Waals surface area contributed by atoms with Gasteiger partial charge in [-0.1, -0.05) is 11.6 Å². The highest BCUT2D eigenvalue weighted by Gasteiger charge is 2.25. The second-order valence-corrected chi connectivity index (χ2v) is 6.53. The summed E-state index contributed by atoms with van der Waals surface area (Å²) in [7, 11) is 1.52. The summed E-state index contributed by atoms with van der Waals surface area (Å²) in [4.78, 5) is 16.9. The third-order valence-corrected chi connectivity index (χ3v) is 4.39. The number of hydrogen-bond acceptors (Lipinski definition) is 5. The maximum absolute atomic E-state index is 12.8. The van der Waals surface area contributed by atoms with Crippen LogP contribution in [0.4, 0.5) is 5.69 Å². The standard InChI is InChI=1S/C17H26ClN3O3/c1-12(2)24-9-8-20-4-6-21(7-5-20)17(22)13-10-14(18)15(19)11-16(13)23-3/h10-12H,4-9,19H2,1-3H3. The number of anilines is 1. The van der Waals surface area contributed by atoms with Crippen molar-refractivity contribution in [3.63, 3.8) is 0 Å². The first kappa shape index (κ1) is 18.8. The Balaban J connectivity index is 1.94. The van der Waals surface area contributed by atoms with Crippen molar-refractivity contribution in [2.45, 2.75) is 20.0 Å². The molecule has 24 heavy (non-hydrogen) atoms. The Morgan fingerprint density at radius 1 is 1.29 bits per heavy atom. The minimum Gasteiger partial charge on any atom is -0.496 e. The first-order chi connectivity index (χ1) is 11.4. The summed E-state index contributed by atoms with van der Waals surface area (Å²) in [6, 6.07) is 3.18. The molecule has 1 fully saturated rings. The van der Waals surface area contributed by atoms with E-state index in [1.54, 1.807) is 12.1 Å². The second-order valence-electron chi connectivity index (χ2n) is 6.13. The van der Waals surface area contributed by atoms with Crippen LogP contribution in [-0.2, 0) is 4.74 Å². The highest BCUT2D eigenvalue weighted by molar-refractivity contribution is 6.33. The molecule has 0 aromatic heterocycles. The maximum atomic E-state index is 12.8. The number of nitrogens with zero attached hydrogens (tertiary/aromatic N) is 2. The Labute approximate surface area is 148 Å². The molecule has 0 bridgehead atoms. The molecule has 7 heteroatoms. The van der Waals surface area contributed by atoms with Gasteiger partial charge in [-0.3, -0.25) is 9.69 Å². The number of piperazine rings is 1. The molecule has 1 amide bonds. The van der Waals surface area contributed by atoms with Gasteiger partial charge in [-0.05, 0) is 19.9 Å². The summed E-state index contributed by atoms with van der Waals surface area (Å²) >= 11 is 6.06. The number of hydrogen-bond donors (Lipinski definition) is 1. The summed E-state index contributed by atoms with van der Waals surface area (Å²) in [5.74, 6) is 0.376. The van der Waals surface area contributed by atoms with Gasteiger partial charge in [0.25, 0.3) is 5.91 Å². The van der Waals surface area contributed by atoms with Gasteiger partial charge in [-0.2, -0.15) is 0 Å². The molecule has 2 rings (SSSR count). The molecule has 0 radical (unpaired) electrons. The lowest BCUT2D eigenvalue weighted by Crippen LogP contribution is -2.49. The Bertz CT molecular complexity index is 572. The predicted molar refractivity (Wildman–Crippen MR) is 95.8 cm³/mol. The van der Waals surface area contributed by atoms with Crippen LogP contribution in [-0.4, -0.2) is 68.3 Å². The van der Waals surface area contributed by atoms with E-state index in [-0.39, 0.29) is 12.0 Å². The minimum absolute atomic E-state index is 0.0770. The fourth-order valence-electron chi connectivity index (χ4n) is 2.67. The molecule has 6 nitrogen and oxygen atoms in total. The van der Waals surface area contributed by atoms with Crippen molar-refractivity contribution >= 4 is 23.2 Å². The highest BCUT2D eigenvalue weighted by Crippen LogP contribution is 2.30. The number of carbonyl (C=O) groups is 1. The molecule has 2 N–H and O–H groups in total. The van der Waals surface area contributed by atoms with E-state index in [1.165, 1.54) is 7.11 Å². The van der Waals surface area contributed by atoms with Crippen LogP contribution in [0.2, 0.25) is 5.02 Å². The topological polar surface area (TPSA) is 68.0 Å². The van der Waals surface area contributed by atoms with Crippen molar-refractivity contribution < 1.29 is 14.3 Å². The van der Waals surface area contributed by atoms with Crippen LogP contribution in [0.1, 0.15) is 24.2 Å². The van der Waals surface area contributed by atoms with Crippen LogP contribution in [0.15, 0.2) is 12.1 Å². The van der Waals surface area contributed by atoms with E-state index in [9.17, 15) is 4.79 Å². The SMILES string of the molecule is COc1cc(N)c(Cl)cc1C(=O)N1CCN(CCOC(C)C)CC1. The Hall–Kier alpha value is -1.50. The summed E-state index contributed by atoms with van der Waals surface area (Å²) in [5, 5.41) is 0.364. The molecule has 1 aromatic carbocycles. The van der Waals surface area contributed by atoms with Gasteiger partial charge >= 0.3 is 0 Å². The summed E-state index contributed by atoms with van der Waals surface area (Å²) < 4.78 is 10.9. The number of nitrogen functional groups attached to an aromatic ring is 1. The molecule has 0 unspecified atom stereocenters. The number of halogens is 1. The molecule has 0 aliphatic carbocycles. The Morgan fingerprint density at radius 3 is 2.54 bits per heavy atom. The van der Waals surface area contributed by atoms with E-state index in [1.807, 2.05) is 18.7 Å². The van der Waals surface area contributed by atoms with Crippen LogP contribution in [0.5, 0.6) is 5.75 Å². The molecular formula is C17H26ClN3O3. The molecule has 0 atom stereocenters. The van der Waals surface area contributed by atoms with Gasteiger partial charge in [0.1, 0.15) is 5.75 Å². The zero-order valence-corrected chi connectivity index (χ0v) is 15.3. The molecule has 0 saturated carbocycles.